The minimum absolute atomic E-state index is 0.444. The van der Waals surface area contributed by atoms with E-state index >= 15 is 0 Å². The lowest BCUT2D eigenvalue weighted by atomic mass is 10.00. The van der Waals surface area contributed by atoms with E-state index in [4.69, 9.17) is 0 Å². The number of nitrogens with zero attached hydrogens (tertiary/aromatic N) is 2. The van der Waals surface area contributed by atoms with Gasteiger partial charge in [0.2, 0.25) is 0 Å². The van der Waals surface area contributed by atoms with Gasteiger partial charge in [-0.1, -0.05) is 13.8 Å². The van der Waals surface area contributed by atoms with Crippen molar-refractivity contribution in [1.82, 2.24) is 13.9 Å². The first-order valence-corrected chi connectivity index (χ1v) is 7.84. The average molecular weight is 263 g/mol. The molecule has 0 radical (unpaired) electrons. The van der Waals surface area contributed by atoms with E-state index in [2.05, 4.69) is 5.32 Å². The third kappa shape index (κ3) is 3.91. The summed E-state index contributed by atoms with van der Waals surface area (Å²) in [4.78, 5) is 0. The van der Waals surface area contributed by atoms with Crippen molar-refractivity contribution in [3.05, 3.63) is 0 Å². The Morgan fingerprint density at radius 2 is 1.94 bits per heavy atom. The standard InChI is InChI=1S/C11H25N3O2S/c1-4-14(5-2)17(15,16)13(3)10-11-7-6-8-12-9-11/h11-12H,4-10H2,1-3H3. The monoisotopic (exact) mass is 263 g/mol. The van der Waals surface area contributed by atoms with Gasteiger partial charge in [0.25, 0.3) is 10.2 Å². The predicted octanol–water partition coefficient (Wildman–Crippen LogP) is 0.504. The van der Waals surface area contributed by atoms with Crippen LogP contribution in [0.15, 0.2) is 0 Å². The molecule has 1 heterocycles. The molecule has 1 atom stereocenters. The highest BCUT2D eigenvalue weighted by Gasteiger charge is 2.27. The molecule has 1 aliphatic rings. The molecular weight excluding hydrogens is 238 g/mol. The molecule has 102 valence electrons. The van der Waals surface area contributed by atoms with E-state index < -0.39 is 10.2 Å². The van der Waals surface area contributed by atoms with E-state index in [0.717, 1.165) is 25.9 Å². The summed E-state index contributed by atoms with van der Waals surface area (Å²) in [5.74, 6) is 0.444. The third-order valence-corrected chi connectivity index (χ3v) is 5.45. The van der Waals surface area contributed by atoms with Crippen LogP contribution < -0.4 is 5.32 Å². The molecule has 1 rings (SSSR count). The maximum atomic E-state index is 12.2. The Bertz CT molecular complexity index is 309. The molecule has 1 saturated heterocycles. The molecule has 0 aliphatic carbocycles. The van der Waals surface area contributed by atoms with Crippen LogP contribution in [0.5, 0.6) is 0 Å². The Hall–Kier alpha value is -0.170. The Morgan fingerprint density at radius 1 is 1.29 bits per heavy atom. The van der Waals surface area contributed by atoms with Crippen molar-refractivity contribution < 1.29 is 8.42 Å². The lowest BCUT2D eigenvalue weighted by Gasteiger charge is -2.30. The molecule has 1 unspecified atom stereocenters. The highest BCUT2D eigenvalue weighted by Crippen LogP contribution is 2.14. The molecule has 6 heteroatoms. The van der Waals surface area contributed by atoms with Gasteiger partial charge in [0, 0.05) is 26.7 Å². The smallest absolute Gasteiger partial charge is 0.281 e. The largest absolute Gasteiger partial charge is 0.316 e. The van der Waals surface area contributed by atoms with Crippen molar-refractivity contribution in [2.24, 2.45) is 5.92 Å². The number of hydrogen-bond donors (Lipinski definition) is 1. The minimum Gasteiger partial charge on any atom is -0.316 e. The minimum atomic E-state index is -3.26. The number of piperidine rings is 1. The Kier molecular flexibility index (Phi) is 5.85. The van der Waals surface area contributed by atoms with Crippen molar-refractivity contribution in [2.75, 3.05) is 39.8 Å². The van der Waals surface area contributed by atoms with Gasteiger partial charge < -0.3 is 5.32 Å². The van der Waals surface area contributed by atoms with E-state index in [0.29, 0.717) is 25.6 Å². The second-order valence-corrected chi connectivity index (χ2v) is 6.62. The molecule has 5 nitrogen and oxygen atoms in total. The second-order valence-electron chi connectivity index (χ2n) is 4.58. The zero-order chi connectivity index (χ0) is 12.9. The van der Waals surface area contributed by atoms with Crippen LogP contribution in [-0.2, 0) is 10.2 Å². The summed E-state index contributed by atoms with van der Waals surface area (Å²) in [5, 5.41) is 3.31. The van der Waals surface area contributed by atoms with Crippen LogP contribution in [0.25, 0.3) is 0 Å². The molecule has 0 bridgehead atoms. The van der Waals surface area contributed by atoms with Crippen LogP contribution in [0.1, 0.15) is 26.7 Å². The van der Waals surface area contributed by atoms with E-state index in [9.17, 15) is 8.42 Å². The lowest BCUT2D eigenvalue weighted by molar-refractivity contribution is 0.297. The maximum Gasteiger partial charge on any atom is 0.281 e. The van der Waals surface area contributed by atoms with E-state index in [1.54, 1.807) is 7.05 Å². The first-order valence-electron chi connectivity index (χ1n) is 6.44. The molecule has 0 aromatic carbocycles. The molecule has 1 aliphatic heterocycles. The Morgan fingerprint density at radius 3 is 2.41 bits per heavy atom. The molecule has 1 N–H and O–H groups in total. The van der Waals surface area contributed by atoms with Gasteiger partial charge in [0.1, 0.15) is 0 Å². The highest BCUT2D eigenvalue weighted by atomic mass is 32.2. The Balaban J connectivity index is 2.58. The zero-order valence-corrected chi connectivity index (χ0v) is 12.0. The highest BCUT2D eigenvalue weighted by molar-refractivity contribution is 7.86. The summed E-state index contributed by atoms with van der Waals surface area (Å²) in [6.07, 6.45) is 2.26. The fraction of sp³-hybridized carbons (Fsp3) is 1.00. The quantitative estimate of drug-likeness (QED) is 0.759. The van der Waals surface area contributed by atoms with Gasteiger partial charge in [0.05, 0.1) is 0 Å². The molecule has 0 amide bonds. The van der Waals surface area contributed by atoms with Gasteiger partial charge in [-0.3, -0.25) is 0 Å². The van der Waals surface area contributed by atoms with Crippen LogP contribution in [0.2, 0.25) is 0 Å². The molecule has 0 spiro atoms. The van der Waals surface area contributed by atoms with Gasteiger partial charge in [-0.05, 0) is 31.8 Å². The van der Waals surface area contributed by atoms with Gasteiger partial charge in [-0.2, -0.15) is 17.0 Å². The molecule has 0 saturated carbocycles. The van der Waals surface area contributed by atoms with Crippen LogP contribution in [0.3, 0.4) is 0 Å². The maximum absolute atomic E-state index is 12.2. The summed E-state index contributed by atoms with van der Waals surface area (Å²) < 4.78 is 27.4. The Labute approximate surface area is 105 Å². The molecule has 0 aromatic rings. The topological polar surface area (TPSA) is 52.7 Å². The van der Waals surface area contributed by atoms with Crippen LogP contribution in [-0.4, -0.2) is 56.8 Å². The first kappa shape index (κ1) is 14.9. The summed E-state index contributed by atoms with van der Waals surface area (Å²) in [6.45, 7) is 7.42. The van der Waals surface area contributed by atoms with Gasteiger partial charge >= 0.3 is 0 Å². The lowest BCUT2D eigenvalue weighted by Crippen LogP contribution is -2.45. The summed E-state index contributed by atoms with van der Waals surface area (Å²) in [7, 11) is -1.58. The van der Waals surface area contributed by atoms with Gasteiger partial charge in [-0.15, -0.1) is 0 Å². The first-order chi connectivity index (χ1) is 8.02. The summed E-state index contributed by atoms with van der Waals surface area (Å²) >= 11 is 0. The molecule has 17 heavy (non-hydrogen) atoms. The zero-order valence-electron chi connectivity index (χ0n) is 11.1. The molecule has 0 aromatic heterocycles. The summed E-state index contributed by atoms with van der Waals surface area (Å²) in [5.41, 5.74) is 0. The summed E-state index contributed by atoms with van der Waals surface area (Å²) in [6, 6.07) is 0. The normalized spacial score (nSPS) is 22.3. The molecular formula is C11H25N3O2S. The van der Waals surface area contributed by atoms with E-state index in [1.807, 2.05) is 13.8 Å². The SMILES string of the molecule is CCN(CC)S(=O)(=O)N(C)CC1CCCNC1. The van der Waals surface area contributed by atoms with Crippen molar-refractivity contribution in [3.8, 4) is 0 Å². The fourth-order valence-corrected chi connectivity index (χ4v) is 3.73. The average Bonchev–Trinajstić information content (AvgIpc) is 2.31. The molecule has 1 fully saturated rings. The van der Waals surface area contributed by atoms with Gasteiger partial charge in [-0.25, -0.2) is 0 Å². The van der Waals surface area contributed by atoms with Crippen molar-refractivity contribution >= 4 is 10.2 Å². The third-order valence-electron chi connectivity index (χ3n) is 3.34. The second kappa shape index (κ2) is 6.68. The van der Waals surface area contributed by atoms with E-state index in [-0.39, 0.29) is 0 Å². The number of nitrogens with one attached hydrogen (secondary N) is 1. The van der Waals surface area contributed by atoms with Crippen molar-refractivity contribution in [2.45, 2.75) is 26.7 Å². The predicted molar refractivity (Wildman–Crippen MR) is 70.1 cm³/mol. The number of rotatable bonds is 6. The van der Waals surface area contributed by atoms with Crippen LogP contribution in [0, 0.1) is 5.92 Å². The van der Waals surface area contributed by atoms with Crippen molar-refractivity contribution in [1.29, 1.82) is 0 Å². The van der Waals surface area contributed by atoms with E-state index in [1.165, 1.54) is 8.61 Å². The number of hydrogen-bond acceptors (Lipinski definition) is 3. The van der Waals surface area contributed by atoms with Crippen LogP contribution >= 0.6 is 0 Å². The fourth-order valence-electron chi connectivity index (χ4n) is 2.28. The van der Waals surface area contributed by atoms with Gasteiger partial charge in [0.15, 0.2) is 0 Å². The van der Waals surface area contributed by atoms with Crippen molar-refractivity contribution in [3.63, 3.8) is 0 Å². The van der Waals surface area contributed by atoms with Crippen LogP contribution in [0.4, 0.5) is 0 Å².